The molecule has 5 rings (SSSR count). The van der Waals surface area contributed by atoms with Crippen LogP contribution in [0, 0.1) is 0 Å². The number of hydrogen-bond acceptors (Lipinski definition) is 6. The number of phenols is 1. The number of rotatable bonds is 9. The Morgan fingerprint density at radius 1 is 1.02 bits per heavy atom. The minimum atomic E-state index is -1.10. The number of urea groups is 1. The van der Waals surface area contributed by atoms with Gasteiger partial charge < -0.3 is 25.3 Å². The lowest BCUT2D eigenvalue weighted by molar-refractivity contribution is -0.189. The molecule has 0 saturated carbocycles. The van der Waals surface area contributed by atoms with Crippen LogP contribution >= 0.6 is 23.2 Å². The molecule has 0 spiro atoms. The Morgan fingerprint density at radius 3 is 2.47 bits per heavy atom. The number of carbonyl (C=O) groups is 4. The third kappa shape index (κ3) is 7.06. The van der Waals surface area contributed by atoms with Crippen molar-refractivity contribution in [3.8, 4) is 5.75 Å². The number of phenolic OH excluding ortho intramolecular Hbond substituents is 1. The number of aromatic carboxylic acids is 1. The zero-order valence-corrected chi connectivity index (χ0v) is 25.6. The molecule has 0 aromatic heterocycles. The number of nitrogens with one attached hydrogen (secondary N) is 1. The molecule has 2 aliphatic rings. The molecule has 11 nitrogen and oxygen atoms in total. The van der Waals surface area contributed by atoms with Crippen molar-refractivity contribution in [2.24, 2.45) is 0 Å². The summed E-state index contributed by atoms with van der Waals surface area (Å²) in [6, 6.07) is 16.1. The minimum absolute atomic E-state index is 0.0310. The molecule has 0 unspecified atom stereocenters. The van der Waals surface area contributed by atoms with Crippen LogP contribution in [0.1, 0.15) is 27.0 Å². The lowest BCUT2D eigenvalue weighted by Gasteiger charge is -2.55. The highest BCUT2D eigenvalue weighted by Gasteiger charge is 2.51. The highest BCUT2D eigenvalue weighted by Crippen LogP contribution is 2.30. The van der Waals surface area contributed by atoms with Crippen LogP contribution in [0.2, 0.25) is 10.0 Å². The highest BCUT2D eigenvalue weighted by atomic mass is 35.5. The van der Waals surface area contributed by atoms with Crippen molar-refractivity contribution in [1.29, 1.82) is 0 Å². The molecule has 45 heavy (non-hydrogen) atoms. The second kappa shape index (κ2) is 13.6. The Bertz CT molecular complexity index is 1630. The molecule has 0 aliphatic carbocycles. The molecule has 4 amide bonds. The molecule has 2 fully saturated rings. The van der Waals surface area contributed by atoms with E-state index in [9.17, 15) is 29.4 Å². The Balaban J connectivity index is 1.50. The summed E-state index contributed by atoms with van der Waals surface area (Å²) in [5.41, 5.74) is 2.00. The van der Waals surface area contributed by atoms with E-state index in [1.165, 1.54) is 39.1 Å². The maximum absolute atomic E-state index is 14.1. The van der Waals surface area contributed by atoms with Gasteiger partial charge in [-0.25, -0.2) is 19.6 Å². The van der Waals surface area contributed by atoms with Crippen molar-refractivity contribution in [1.82, 2.24) is 25.1 Å². The molecule has 3 aromatic rings. The fourth-order valence-electron chi connectivity index (χ4n) is 5.64. The first-order valence-corrected chi connectivity index (χ1v) is 14.9. The van der Waals surface area contributed by atoms with Crippen LogP contribution in [0.3, 0.4) is 0 Å². The maximum Gasteiger partial charge on any atom is 0.335 e. The summed E-state index contributed by atoms with van der Waals surface area (Å²) in [5, 5.41) is 26.0. The summed E-state index contributed by atoms with van der Waals surface area (Å²) in [6.45, 7) is 3.91. The molecule has 2 aliphatic heterocycles. The molecule has 234 valence electrons. The molecule has 2 atom stereocenters. The third-order valence-corrected chi connectivity index (χ3v) is 8.32. The molecule has 2 heterocycles. The summed E-state index contributed by atoms with van der Waals surface area (Å²) < 4.78 is 0. The number of fused-ring (bicyclic) bond motifs is 1. The maximum atomic E-state index is 14.1. The molecule has 2 saturated heterocycles. The van der Waals surface area contributed by atoms with Crippen molar-refractivity contribution >= 4 is 47.0 Å². The summed E-state index contributed by atoms with van der Waals surface area (Å²) in [4.78, 5) is 56.3. The van der Waals surface area contributed by atoms with Crippen LogP contribution in [0.5, 0.6) is 5.75 Å². The molecule has 3 aromatic carbocycles. The number of nitrogens with zero attached hydrogens (tertiary/aromatic N) is 4. The van der Waals surface area contributed by atoms with Crippen LogP contribution in [-0.4, -0.2) is 85.7 Å². The van der Waals surface area contributed by atoms with Gasteiger partial charge in [-0.3, -0.25) is 9.59 Å². The van der Waals surface area contributed by atoms with E-state index in [1.54, 1.807) is 53.5 Å². The van der Waals surface area contributed by atoms with Gasteiger partial charge in [0.05, 0.1) is 18.7 Å². The van der Waals surface area contributed by atoms with Gasteiger partial charge >= 0.3 is 12.0 Å². The number of hydrogen-bond donors (Lipinski definition) is 3. The zero-order valence-electron chi connectivity index (χ0n) is 24.1. The summed E-state index contributed by atoms with van der Waals surface area (Å²) >= 11 is 12.4. The summed E-state index contributed by atoms with van der Waals surface area (Å²) in [5.74, 6) is -1.72. The van der Waals surface area contributed by atoms with E-state index >= 15 is 0 Å². The molecular weight excluding hydrogens is 621 g/mol. The van der Waals surface area contributed by atoms with E-state index in [-0.39, 0.29) is 62.3 Å². The first kappa shape index (κ1) is 31.8. The van der Waals surface area contributed by atoms with Crippen molar-refractivity contribution in [3.63, 3.8) is 0 Å². The monoisotopic (exact) mass is 651 g/mol. The zero-order chi connectivity index (χ0) is 32.2. The lowest BCUT2D eigenvalue weighted by Crippen LogP contribution is -2.76. The largest absolute Gasteiger partial charge is 0.508 e. The van der Waals surface area contributed by atoms with Gasteiger partial charge in [-0.05, 0) is 53.1 Å². The Morgan fingerprint density at radius 2 is 1.78 bits per heavy atom. The predicted molar refractivity (Wildman–Crippen MR) is 167 cm³/mol. The average molecular weight is 653 g/mol. The SMILES string of the molecule is C=CCN1CC(=O)N2[C@@H](Cc3ccc(O)cc3)C(=O)N(Cc3cccc(C(=O)O)c3)C[C@@H]2N1C(=O)NCc1ccc(Cl)cc1Cl. The smallest absolute Gasteiger partial charge is 0.335 e. The number of halogens is 2. The van der Waals surface area contributed by atoms with E-state index in [2.05, 4.69) is 11.9 Å². The molecular formula is C32H31Cl2N5O6. The quantitative estimate of drug-likeness (QED) is 0.296. The number of benzene rings is 3. The number of hydrazine groups is 1. The van der Waals surface area contributed by atoms with Crippen molar-refractivity contribution in [3.05, 3.63) is 112 Å². The van der Waals surface area contributed by atoms with E-state index < -0.39 is 24.2 Å². The number of carbonyl (C=O) groups excluding carboxylic acids is 3. The molecule has 0 bridgehead atoms. The predicted octanol–water partition coefficient (Wildman–Crippen LogP) is 4.13. The van der Waals surface area contributed by atoms with Gasteiger partial charge in [-0.2, -0.15) is 0 Å². The van der Waals surface area contributed by atoms with Gasteiger partial charge in [0.1, 0.15) is 18.0 Å². The Hall–Kier alpha value is -4.58. The Kier molecular flexibility index (Phi) is 9.62. The third-order valence-electron chi connectivity index (χ3n) is 7.74. The van der Waals surface area contributed by atoms with Crippen molar-refractivity contribution < 1.29 is 29.4 Å². The van der Waals surface area contributed by atoms with Crippen molar-refractivity contribution in [2.45, 2.75) is 31.7 Å². The van der Waals surface area contributed by atoms with Gasteiger partial charge in [0.25, 0.3) is 0 Å². The van der Waals surface area contributed by atoms with Crippen LogP contribution in [0.15, 0.2) is 79.4 Å². The topological polar surface area (TPSA) is 134 Å². The van der Waals surface area contributed by atoms with Crippen LogP contribution in [-0.2, 0) is 29.1 Å². The molecule has 13 heteroatoms. The van der Waals surface area contributed by atoms with Gasteiger partial charge in [-0.15, -0.1) is 6.58 Å². The Labute approximate surface area is 269 Å². The first-order chi connectivity index (χ1) is 21.5. The van der Waals surface area contributed by atoms with Gasteiger partial charge in [0.2, 0.25) is 11.8 Å². The second-order valence-corrected chi connectivity index (χ2v) is 11.6. The van der Waals surface area contributed by atoms with E-state index in [0.717, 1.165) is 0 Å². The number of carboxylic acid groups (broad SMARTS) is 1. The fraction of sp³-hybridized carbons (Fsp3) is 0.250. The van der Waals surface area contributed by atoms with E-state index in [4.69, 9.17) is 23.2 Å². The van der Waals surface area contributed by atoms with Crippen LogP contribution in [0.25, 0.3) is 0 Å². The first-order valence-electron chi connectivity index (χ1n) is 14.1. The van der Waals surface area contributed by atoms with Gasteiger partial charge in [0.15, 0.2) is 0 Å². The number of carboxylic acids is 1. The highest BCUT2D eigenvalue weighted by molar-refractivity contribution is 6.35. The van der Waals surface area contributed by atoms with E-state index in [1.807, 2.05) is 0 Å². The standard InChI is InChI=1S/C32H31Cl2N5O6/c1-2-12-37-19-29(41)38-27(14-20-6-10-25(40)11-7-20)30(42)36(17-21-4-3-5-22(13-21)31(43)44)18-28(38)39(37)32(45)35-16-23-8-9-24(33)15-26(23)34/h2-11,13,15,27-28,40H,1,12,14,16-19H2,(H,35,45)(H,43,44)/t27-,28-/m0/s1. The normalized spacial score (nSPS) is 18.5. The van der Waals surface area contributed by atoms with Crippen molar-refractivity contribution in [2.75, 3.05) is 19.6 Å². The van der Waals surface area contributed by atoms with E-state index in [0.29, 0.717) is 26.7 Å². The average Bonchev–Trinajstić information content (AvgIpc) is 3.00. The summed E-state index contributed by atoms with van der Waals surface area (Å²) in [6.07, 6.45) is 0.815. The number of amides is 4. The number of piperazine rings is 1. The molecule has 0 radical (unpaired) electrons. The number of aromatic hydroxyl groups is 1. The molecule has 3 N–H and O–H groups in total. The van der Waals surface area contributed by atoms with Crippen LogP contribution in [0.4, 0.5) is 4.79 Å². The van der Waals surface area contributed by atoms with Crippen LogP contribution < -0.4 is 5.32 Å². The van der Waals surface area contributed by atoms with Gasteiger partial charge in [0, 0.05) is 36.1 Å². The lowest BCUT2D eigenvalue weighted by atomic mass is 9.98. The summed E-state index contributed by atoms with van der Waals surface area (Å²) in [7, 11) is 0. The minimum Gasteiger partial charge on any atom is -0.508 e. The van der Waals surface area contributed by atoms with Gasteiger partial charge in [-0.1, -0.05) is 59.6 Å². The fourth-order valence-corrected chi connectivity index (χ4v) is 6.11. The second-order valence-electron chi connectivity index (χ2n) is 10.8.